The molecule has 2 atom stereocenters. The predicted octanol–water partition coefficient (Wildman–Crippen LogP) is 1.47. The molecule has 4 heteroatoms. The van der Waals surface area contributed by atoms with Gasteiger partial charge in [-0.15, -0.1) is 0 Å². The molecule has 0 aromatic heterocycles. The molecular formula is C16H26N2O2. The van der Waals surface area contributed by atoms with Crippen molar-refractivity contribution in [1.29, 1.82) is 0 Å². The van der Waals surface area contributed by atoms with Crippen LogP contribution >= 0.6 is 0 Å². The van der Waals surface area contributed by atoms with Crippen LogP contribution in [0.15, 0.2) is 24.3 Å². The largest absolute Gasteiger partial charge is 0.394 e. The number of rotatable bonds is 4. The van der Waals surface area contributed by atoms with Crippen LogP contribution in [0.25, 0.3) is 0 Å². The number of aliphatic hydroxyl groups excluding tert-OH is 1. The van der Waals surface area contributed by atoms with Crippen molar-refractivity contribution in [2.45, 2.75) is 38.5 Å². The quantitative estimate of drug-likeness (QED) is 0.875. The lowest BCUT2D eigenvalue weighted by atomic mass is 9.98. The fourth-order valence-corrected chi connectivity index (χ4v) is 3.05. The van der Waals surface area contributed by atoms with E-state index in [1.165, 1.54) is 11.1 Å². The van der Waals surface area contributed by atoms with Crippen LogP contribution in [0.1, 0.15) is 31.0 Å². The van der Waals surface area contributed by atoms with Crippen LogP contribution in [0.4, 0.5) is 0 Å². The second-order valence-electron chi connectivity index (χ2n) is 6.28. The van der Waals surface area contributed by atoms with E-state index in [4.69, 9.17) is 10.5 Å². The predicted molar refractivity (Wildman–Crippen MR) is 80.6 cm³/mol. The number of aryl methyl sites for hydroxylation is 1. The van der Waals surface area contributed by atoms with E-state index in [-0.39, 0.29) is 24.4 Å². The van der Waals surface area contributed by atoms with Gasteiger partial charge in [-0.2, -0.15) is 0 Å². The van der Waals surface area contributed by atoms with Gasteiger partial charge in [0, 0.05) is 25.7 Å². The second kappa shape index (κ2) is 6.22. The summed E-state index contributed by atoms with van der Waals surface area (Å²) < 4.78 is 5.87. The molecule has 0 radical (unpaired) electrons. The Bertz CT molecular complexity index is 448. The van der Waals surface area contributed by atoms with E-state index in [0.717, 1.165) is 13.1 Å². The fraction of sp³-hybridized carbons (Fsp3) is 0.625. The number of morpholine rings is 1. The highest BCUT2D eigenvalue weighted by Crippen LogP contribution is 2.28. The molecule has 1 fully saturated rings. The normalized spacial score (nSPS) is 24.6. The maximum Gasteiger partial charge on any atom is 0.0940 e. The molecule has 0 spiro atoms. The Morgan fingerprint density at radius 1 is 1.50 bits per heavy atom. The zero-order valence-corrected chi connectivity index (χ0v) is 12.7. The summed E-state index contributed by atoms with van der Waals surface area (Å²) in [5.41, 5.74) is 8.24. The Morgan fingerprint density at radius 3 is 2.85 bits per heavy atom. The fourth-order valence-electron chi connectivity index (χ4n) is 3.05. The summed E-state index contributed by atoms with van der Waals surface area (Å²) in [5.74, 6) is 0. The van der Waals surface area contributed by atoms with E-state index in [2.05, 4.69) is 49.9 Å². The summed E-state index contributed by atoms with van der Waals surface area (Å²) in [5, 5.41) is 9.43. The highest BCUT2D eigenvalue weighted by atomic mass is 16.5. The van der Waals surface area contributed by atoms with Gasteiger partial charge >= 0.3 is 0 Å². The maximum absolute atomic E-state index is 9.43. The summed E-state index contributed by atoms with van der Waals surface area (Å²) in [6.07, 6.45) is -0.141. The Hall–Kier alpha value is -0.940. The van der Waals surface area contributed by atoms with Crippen molar-refractivity contribution in [1.82, 2.24) is 4.90 Å². The molecule has 112 valence electrons. The average Bonchev–Trinajstić information content (AvgIpc) is 2.38. The van der Waals surface area contributed by atoms with Crippen LogP contribution in [-0.2, 0) is 4.74 Å². The zero-order chi connectivity index (χ0) is 14.8. The van der Waals surface area contributed by atoms with Crippen LogP contribution in [0.3, 0.4) is 0 Å². The van der Waals surface area contributed by atoms with Crippen molar-refractivity contribution >= 4 is 0 Å². The van der Waals surface area contributed by atoms with Crippen molar-refractivity contribution in [2.24, 2.45) is 5.73 Å². The van der Waals surface area contributed by atoms with Gasteiger partial charge in [-0.25, -0.2) is 0 Å². The number of hydrogen-bond donors (Lipinski definition) is 2. The lowest BCUT2D eigenvalue weighted by Gasteiger charge is -2.45. The minimum absolute atomic E-state index is 0.0467. The zero-order valence-electron chi connectivity index (χ0n) is 12.7. The standard InChI is InChI=1S/C16H26N2O2/c1-12-5-4-6-13(7-12)15(8-17)18-9-14(10-19)20-16(2,3)11-18/h4-7,14-15,19H,8-11,17H2,1-3H3. The minimum atomic E-state index is -0.261. The molecule has 1 aromatic rings. The molecule has 0 saturated carbocycles. The molecule has 0 aliphatic carbocycles. The summed E-state index contributed by atoms with van der Waals surface area (Å²) in [6.45, 7) is 8.37. The molecule has 20 heavy (non-hydrogen) atoms. The number of benzene rings is 1. The van der Waals surface area contributed by atoms with E-state index in [0.29, 0.717) is 6.54 Å². The van der Waals surface area contributed by atoms with Crippen LogP contribution in [0.2, 0.25) is 0 Å². The first-order valence-corrected chi connectivity index (χ1v) is 7.24. The van der Waals surface area contributed by atoms with Gasteiger partial charge in [-0.05, 0) is 26.3 Å². The van der Waals surface area contributed by atoms with Crippen LogP contribution in [-0.4, -0.2) is 48.0 Å². The van der Waals surface area contributed by atoms with Crippen molar-refractivity contribution in [2.75, 3.05) is 26.2 Å². The molecule has 1 heterocycles. The number of nitrogens with zero attached hydrogens (tertiary/aromatic N) is 1. The average molecular weight is 278 g/mol. The third-order valence-electron chi connectivity index (χ3n) is 3.80. The van der Waals surface area contributed by atoms with Crippen LogP contribution in [0, 0.1) is 6.92 Å². The topological polar surface area (TPSA) is 58.7 Å². The molecule has 0 bridgehead atoms. The molecule has 1 saturated heterocycles. The van der Waals surface area contributed by atoms with Gasteiger partial charge < -0.3 is 15.6 Å². The molecular weight excluding hydrogens is 252 g/mol. The third-order valence-corrected chi connectivity index (χ3v) is 3.80. The lowest BCUT2D eigenvalue weighted by molar-refractivity contribution is -0.156. The molecule has 3 N–H and O–H groups in total. The highest BCUT2D eigenvalue weighted by Gasteiger charge is 2.36. The SMILES string of the molecule is Cc1cccc(C(CN)N2CC(CO)OC(C)(C)C2)c1. The Labute approximate surface area is 121 Å². The van der Waals surface area contributed by atoms with E-state index < -0.39 is 0 Å². The third kappa shape index (κ3) is 3.58. The van der Waals surface area contributed by atoms with Gasteiger partial charge in [-0.1, -0.05) is 29.8 Å². The monoisotopic (exact) mass is 278 g/mol. The van der Waals surface area contributed by atoms with E-state index >= 15 is 0 Å². The molecule has 1 aromatic carbocycles. The van der Waals surface area contributed by atoms with E-state index in [1.807, 2.05) is 0 Å². The molecule has 2 rings (SSSR count). The van der Waals surface area contributed by atoms with Crippen LogP contribution in [0.5, 0.6) is 0 Å². The van der Waals surface area contributed by atoms with Crippen molar-refractivity contribution in [3.05, 3.63) is 35.4 Å². The maximum atomic E-state index is 9.43. The first-order valence-electron chi connectivity index (χ1n) is 7.24. The second-order valence-corrected chi connectivity index (χ2v) is 6.28. The molecule has 1 aliphatic heterocycles. The molecule has 1 aliphatic rings. The van der Waals surface area contributed by atoms with Gasteiger partial charge in [0.25, 0.3) is 0 Å². The number of aliphatic hydroxyl groups is 1. The van der Waals surface area contributed by atoms with Gasteiger partial charge in [0.05, 0.1) is 18.3 Å². The van der Waals surface area contributed by atoms with E-state index in [1.54, 1.807) is 0 Å². The van der Waals surface area contributed by atoms with Crippen molar-refractivity contribution < 1.29 is 9.84 Å². The molecule has 0 amide bonds. The van der Waals surface area contributed by atoms with Crippen molar-refractivity contribution in [3.8, 4) is 0 Å². The summed E-state index contributed by atoms with van der Waals surface area (Å²) in [7, 11) is 0. The summed E-state index contributed by atoms with van der Waals surface area (Å²) in [4.78, 5) is 2.33. The molecule has 2 unspecified atom stereocenters. The minimum Gasteiger partial charge on any atom is -0.394 e. The molecule has 4 nitrogen and oxygen atoms in total. The smallest absolute Gasteiger partial charge is 0.0940 e. The first-order chi connectivity index (χ1) is 9.45. The van der Waals surface area contributed by atoms with Crippen molar-refractivity contribution in [3.63, 3.8) is 0 Å². The van der Waals surface area contributed by atoms with Crippen LogP contribution < -0.4 is 5.73 Å². The Morgan fingerprint density at radius 2 is 2.25 bits per heavy atom. The highest BCUT2D eigenvalue weighted by molar-refractivity contribution is 5.25. The lowest BCUT2D eigenvalue weighted by Crippen LogP contribution is -2.55. The summed E-state index contributed by atoms with van der Waals surface area (Å²) >= 11 is 0. The summed E-state index contributed by atoms with van der Waals surface area (Å²) in [6, 6.07) is 8.65. The Kier molecular flexibility index (Phi) is 4.81. The Balaban J connectivity index is 2.22. The van der Waals surface area contributed by atoms with Gasteiger partial charge in [0.1, 0.15) is 0 Å². The van der Waals surface area contributed by atoms with Gasteiger partial charge in [0.15, 0.2) is 0 Å². The van der Waals surface area contributed by atoms with E-state index in [9.17, 15) is 5.11 Å². The number of nitrogens with two attached hydrogens (primary N) is 1. The van der Waals surface area contributed by atoms with Gasteiger partial charge in [0.2, 0.25) is 0 Å². The number of ether oxygens (including phenoxy) is 1. The van der Waals surface area contributed by atoms with Gasteiger partial charge in [-0.3, -0.25) is 4.90 Å². The number of hydrogen-bond acceptors (Lipinski definition) is 4. The first kappa shape index (κ1) is 15.4.